The second kappa shape index (κ2) is 4.63. The van der Waals surface area contributed by atoms with Crippen LogP contribution in [-0.4, -0.2) is 11.7 Å². The summed E-state index contributed by atoms with van der Waals surface area (Å²) in [5, 5.41) is 9.55. The molecule has 0 heterocycles. The average molecular weight is 298 g/mol. The molecule has 0 bridgehead atoms. The van der Waals surface area contributed by atoms with Crippen molar-refractivity contribution in [1.29, 1.82) is 0 Å². The van der Waals surface area contributed by atoms with Gasteiger partial charge in [0.15, 0.2) is 0 Å². The summed E-state index contributed by atoms with van der Waals surface area (Å²) < 4.78 is 38.0. The van der Waals surface area contributed by atoms with E-state index in [-0.39, 0.29) is 22.5 Å². The predicted octanol–water partition coefficient (Wildman–Crippen LogP) is 3.24. The third-order valence-electron chi connectivity index (χ3n) is 2.29. The number of nitrogens with two attached hydrogens (primary N) is 1. The lowest BCUT2D eigenvalue weighted by molar-refractivity contribution is -0.138. The van der Waals surface area contributed by atoms with Crippen LogP contribution in [0, 0.1) is 0 Å². The van der Waals surface area contributed by atoms with E-state index < -0.39 is 17.5 Å². The largest absolute Gasteiger partial charge is 0.507 e. The van der Waals surface area contributed by atoms with Gasteiger partial charge in [-0.05, 0) is 30.2 Å². The number of alkyl halides is 3. The fraction of sp³-hybridized carbons (Fsp3) is 0.400. The Labute approximate surface area is 99.4 Å². The van der Waals surface area contributed by atoms with Gasteiger partial charge < -0.3 is 10.8 Å². The lowest BCUT2D eigenvalue weighted by atomic mass is 9.97. The van der Waals surface area contributed by atoms with Crippen molar-refractivity contribution in [2.24, 2.45) is 5.73 Å². The first-order valence-electron chi connectivity index (χ1n) is 4.57. The molecule has 2 nitrogen and oxygen atoms in total. The van der Waals surface area contributed by atoms with Gasteiger partial charge in [0, 0.05) is 4.47 Å². The van der Waals surface area contributed by atoms with Crippen molar-refractivity contribution in [3.63, 3.8) is 0 Å². The number of hydrogen-bond acceptors (Lipinski definition) is 2. The molecule has 0 radical (unpaired) electrons. The Morgan fingerprint density at radius 2 is 2.00 bits per heavy atom. The van der Waals surface area contributed by atoms with Crippen LogP contribution in [0.25, 0.3) is 0 Å². The number of benzene rings is 1. The number of halogens is 4. The second-order valence-electron chi connectivity index (χ2n) is 3.53. The first-order chi connectivity index (χ1) is 7.27. The van der Waals surface area contributed by atoms with E-state index in [0.717, 1.165) is 6.07 Å². The standard InChI is InChI=1S/C10H11BrF3NO/c1-5(4-15)7-2-6(11)3-8(9(7)16)10(12,13)14/h2-3,5,16H,4,15H2,1H3. The van der Waals surface area contributed by atoms with E-state index in [1.165, 1.54) is 6.07 Å². The van der Waals surface area contributed by atoms with E-state index >= 15 is 0 Å². The molecule has 0 aliphatic carbocycles. The van der Waals surface area contributed by atoms with Crippen LogP contribution in [0.15, 0.2) is 16.6 Å². The Balaban J connectivity index is 3.38. The molecule has 0 amide bonds. The molecule has 6 heteroatoms. The molecule has 3 N–H and O–H groups in total. The highest BCUT2D eigenvalue weighted by Crippen LogP contribution is 2.41. The fourth-order valence-electron chi connectivity index (χ4n) is 1.34. The maximum absolute atomic E-state index is 12.6. The van der Waals surface area contributed by atoms with E-state index in [0.29, 0.717) is 0 Å². The van der Waals surface area contributed by atoms with Gasteiger partial charge in [-0.3, -0.25) is 0 Å². The van der Waals surface area contributed by atoms with Crippen LogP contribution in [0.3, 0.4) is 0 Å². The molecule has 1 rings (SSSR count). The fourth-order valence-corrected chi connectivity index (χ4v) is 1.81. The molecule has 0 aliphatic heterocycles. The molecular formula is C10H11BrF3NO. The van der Waals surface area contributed by atoms with Crippen LogP contribution in [-0.2, 0) is 6.18 Å². The maximum atomic E-state index is 12.6. The molecule has 1 aromatic carbocycles. The van der Waals surface area contributed by atoms with Gasteiger partial charge in [0.05, 0.1) is 5.56 Å². The molecule has 1 atom stereocenters. The predicted molar refractivity (Wildman–Crippen MR) is 58.3 cm³/mol. The van der Waals surface area contributed by atoms with Gasteiger partial charge in [0.2, 0.25) is 0 Å². The van der Waals surface area contributed by atoms with Crippen LogP contribution in [0.1, 0.15) is 24.0 Å². The SMILES string of the molecule is CC(CN)c1cc(Br)cc(C(F)(F)F)c1O. The third kappa shape index (κ3) is 2.68. The van der Waals surface area contributed by atoms with Gasteiger partial charge in [-0.1, -0.05) is 22.9 Å². The highest BCUT2D eigenvalue weighted by molar-refractivity contribution is 9.10. The molecule has 0 aromatic heterocycles. The van der Waals surface area contributed by atoms with Crippen LogP contribution in [0.2, 0.25) is 0 Å². The molecular weight excluding hydrogens is 287 g/mol. The van der Waals surface area contributed by atoms with Gasteiger partial charge in [0.25, 0.3) is 0 Å². The number of phenolic OH excluding ortho intramolecular Hbond substituents is 1. The van der Waals surface area contributed by atoms with E-state index in [2.05, 4.69) is 15.9 Å². The minimum absolute atomic E-state index is 0.168. The molecule has 16 heavy (non-hydrogen) atoms. The smallest absolute Gasteiger partial charge is 0.420 e. The molecule has 0 saturated heterocycles. The Kier molecular flexibility index (Phi) is 3.85. The summed E-state index contributed by atoms with van der Waals surface area (Å²) >= 11 is 2.99. The number of aromatic hydroxyl groups is 1. The van der Waals surface area contributed by atoms with Crippen molar-refractivity contribution in [3.05, 3.63) is 27.7 Å². The molecule has 0 fully saturated rings. The van der Waals surface area contributed by atoms with Crippen molar-refractivity contribution >= 4 is 15.9 Å². The van der Waals surface area contributed by atoms with Gasteiger partial charge in [0.1, 0.15) is 5.75 Å². The normalized spacial score (nSPS) is 13.9. The number of hydrogen-bond donors (Lipinski definition) is 2. The summed E-state index contributed by atoms with van der Waals surface area (Å²) in [6, 6.07) is 2.30. The van der Waals surface area contributed by atoms with Gasteiger partial charge in [-0.15, -0.1) is 0 Å². The molecule has 0 spiro atoms. The van der Waals surface area contributed by atoms with Crippen molar-refractivity contribution in [2.45, 2.75) is 19.0 Å². The first kappa shape index (κ1) is 13.3. The van der Waals surface area contributed by atoms with Crippen LogP contribution in [0.5, 0.6) is 5.75 Å². The third-order valence-corrected chi connectivity index (χ3v) is 2.75. The van der Waals surface area contributed by atoms with E-state index in [9.17, 15) is 18.3 Å². The Bertz CT molecular complexity index is 392. The van der Waals surface area contributed by atoms with Crippen LogP contribution >= 0.6 is 15.9 Å². The summed E-state index contributed by atoms with van der Waals surface area (Å²) in [7, 11) is 0. The summed E-state index contributed by atoms with van der Waals surface area (Å²) in [5.74, 6) is -1.08. The van der Waals surface area contributed by atoms with Crippen molar-refractivity contribution in [3.8, 4) is 5.75 Å². The number of rotatable bonds is 2. The Hall–Kier alpha value is -0.750. The molecule has 90 valence electrons. The van der Waals surface area contributed by atoms with E-state index in [1.807, 2.05) is 0 Å². The zero-order chi connectivity index (χ0) is 12.5. The summed E-state index contributed by atoms with van der Waals surface area (Å²) in [6.07, 6.45) is -4.57. The molecule has 0 saturated carbocycles. The molecule has 1 unspecified atom stereocenters. The topological polar surface area (TPSA) is 46.2 Å². The Morgan fingerprint density at radius 1 is 1.44 bits per heavy atom. The number of phenols is 1. The minimum atomic E-state index is -4.57. The second-order valence-corrected chi connectivity index (χ2v) is 4.44. The van der Waals surface area contributed by atoms with Crippen molar-refractivity contribution in [2.75, 3.05) is 6.54 Å². The van der Waals surface area contributed by atoms with Gasteiger partial charge in [-0.25, -0.2) is 0 Å². The minimum Gasteiger partial charge on any atom is -0.507 e. The zero-order valence-electron chi connectivity index (χ0n) is 8.48. The Morgan fingerprint density at radius 3 is 2.44 bits per heavy atom. The van der Waals surface area contributed by atoms with Gasteiger partial charge in [-0.2, -0.15) is 13.2 Å². The maximum Gasteiger partial charge on any atom is 0.420 e. The van der Waals surface area contributed by atoms with Crippen LogP contribution < -0.4 is 5.73 Å². The zero-order valence-corrected chi connectivity index (χ0v) is 10.1. The quantitative estimate of drug-likeness (QED) is 0.880. The van der Waals surface area contributed by atoms with Crippen molar-refractivity contribution in [1.82, 2.24) is 0 Å². The van der Waals surface area contributed by atoms with Gasteiger partial charge >= 0.3 is 6.18 Å². The lowest BCUT2D eigenvalue weighted by Gasteiger charge is -2.16. The molecule has 0 aliphatic rings. The average Bonchev–Trinajstić information content (AvgIpc) is 2.18. The summed E-state index contributed by atoms with van der Waals surface area (Å²) in [4.78, 5) is 0. The van der Waals surface area contributed by atoms with E-state index in [1.54, 1.807) is 6.92 Å². The monoisotopic (exact) mass is 297 g/mol. The van der Waals surface area contributed by atoms with Crippen LogP contribution in [0.4, 0.5) is 13.2 Å². The van der Waals surface area contributed by atoms with Crippen molar-refractivity contribution < 1.29 is 18.3 Å². The van der Waals surface area contributed by atoms with E-state index in [4.69, 9.17) is 5.73 Å². The highest BCUT2D eigenvalue weighted by atomic mass is 79.9. The highest BCUT2D eigenvalue weighted by Gasteiger charge is 2.35. The summed E-state index contributed by atoms with van der Waals surface area (Å²) in [6.45, 7) is 1.82. The first-order valence-corrected chi connectivity index (χ1v) is 5.36. The lowest BCUT2D eigenvalue weighted by Crippen LogP contribution is -2.12. The summed E-state index contributed by atoms with van der Waals surface area (Å²) in [5.41, 5.74) is 4.53. The molecule has 1 aromatic rings.